The van der Waals surface area contributed by atoms with Crippen LogP contribution in [0.25, 0.3) is 10.9 Å². The quantitative estimate of drug-likeness (QED) is 0.866. The summed E-state index contributed by atoms with van der Waals surface area (Å²) in [7, 11) is 0. The fourth-order valence-electron chi connectivity index (χ4n) is 4.25. The minimum Gasteiger partial charge on any atom is -0.361 e. The van der Waals surface area contributed by atoms with Crippen LogP contribution in [0.15, 0.2) is 30.5 Å². The molecular formula is C21H30N4O. The molecule has 2 aromatic rings. The lowest BCUT2D eigenvalue weighted by atomic mass is 10.1. The number of aromatic nitrogens is 1. The Morgan fingerprint density at radius 1 is 0.923 bits per heavy atom. The molecule has 1 aromatic carbocycles. The molecule has 3 heterocycles. The van der Waals surface area contributed by atoms with E-state index in [1.54, 1.807) is 0 Å². The first-order valence-corrected chi connectivity index (χ1v) is 10.1. The summed E-state index contributed by atoms with van der Waals surface area (Å²) >= 11 is 0. The number of aryl methyl sites for hydroxylation is 1. The third kappa shape index (κ3) is 4.10. The molecule has 2 aliphatic rings. The van der Waals surface area contributed by atoms with E-state index in [1.807, 2.05) is 12.3 Å². The number of para-hydroxylation sites is 1. The first kappa shape index (κ1) is 17.6. The minimum atomic E-state index is 0.300. The maximum absolute atomic E-state index is 12.6. The van der Waals surface area contributed by atoms with Crippen LogP contribution in [0.2, 0.25) is 0 Å². The van der Waals surface area contributed by atoms with Crippen molar-refractivity contribution in [1.82, 2.24) is 19.7 Å². The van der Waals surface area contributed by atoms with Gasteiger partial charge in [-0.05, 0) is 44.0 Å². The number of carbonyl (C=O) groups excluding carboxylic acids is 1. The third-order valence-corrected chi connectivity index (χ3v) is 5.94. The van der Waals surface area contributed by atoms with Crippen LogP contribution in [0.1, 0.15) is 24.8 Å². The number of fused-ring (bicyclic) bond motifs is 1. The Kier molecular flexibility index (Phi) is 5.56. The van der Waals surface area contributed by atoms with Gasteiger partial charge in [0.25, 0.3) is 0 Å². The first-order chi connectivity index (χ1) is 12.8. The second kappa shape index (κ2) is 8.23. The number of H-pyrrole nitrogens is 1. The molecule has 0 atom stereocenters. The third-order valence-electron chi connectivity index (χ3n) is 5.94. The van der Waals surface area contributed by atoms with Gasteiger partial charge < -0.3 is 14.8 Å². The number of hydrogen-bond acceptors (Lipinski definition) is 3. The number of nitrogens with one attached hydrogen (secondary N) is 1. The highest BCUT2D eigenvalue weighted by molar-refractivity contribution is 5.84. The Morgan fingerprint density at radius 2 is 1.62 bits per heavy atom. The molecule has 2 saturated heterocycles. The van der Waals surface area contributed by atoms with Gasteiger partial charge >= 0.3 is 0 Å². The van der Waals surface area contributed by atoms with Crippen molar-refractivity contribution in [2.24, 2.45) is 0 Å². The summed E-state index contributed by atoms with van der Waals surface area (Å²) in [5.74, 6) is 0.300. The number of rotatable bonds is 6. The van der Waals surface area contributed by atoms with Crippen LogP contribution in [-0.4, -0.2) is 77.9 Å². The van der Waals surface area contributed by atoms with Gasteiger partial charge in [-0.15, -0.1) is 0 Å². The number of nitrogens with zero attached hydrogens (tertiary/aromatic N) is 3. The zero-order valence-electron chi connectivity index (χ0n) is 15.6. The standard InChI is InChI=1S/C21H30N4O/c26-21(8-7-18-17-22-20-6-2-1-5-19(18)20)25-15-13-24(14-16-25)12-11-23-9-3-4-10-23/h1-2,5-6,17,22H,3-4,7-16H2. The Hall–Kier alpha value is -1.85. The lowest BCUT2D eigenvalue weighted by Crippen LogP contribution is -2.50. The molecule has 1 N–H and O–H groups in total. The molecule has 140 valence electrons. The molecule has 26 heavy (non-hydrogen) atoms. The van der Waals surface area contributed by atoms with E-state index in [4.69, 9.17) is 0 Å². The average Bonchev–Trinajstić information content (AvgIpc) is 3.35. The number of carbonyl (C=O) groups is 1. The molecule has 0 unspecified atom stereocenters. The summed E-state index contributed by atoms with van der Waals surface area (Å²) in [6.07, 6.45) is 6.19. The van der Waals surface area contributed by atoms with E-state index in [0.29, 0.717) is 12.3 Å². The van der Waals surface area contributed by atoms with Gasteiger partial charge in [0, 0.05) is 62.8 Å². The predicted octanol–water partition coefficient (Wildman–Crippen LogP) is 2.34. The van der Waals surface area contributed by atoms with E-state index in [2.05, 4.69) is 37.9 Å². The Morgan fingerprint density at radius 3 is 2.38 bits per heavy atom. The topological polar surface area (TPSA) is 42.6 Å². The van der Waals surface area contributed by atoms with Crippen LogP contribution in [0, 0.1) is 0 Å². The summed E-state index contributed by atoms with van der Waals surface area (Å²) in [6, 6.07) is 8.31. The molecule has 0 aliphatic carbocycles. The Labute approximate surface area is 155 Å². The molecule has 1 amide bonds. The number of piperazine rings is 1. The molecule has 5 nitrogen and oxygen atoms in total. The van der Waals surface area contributed by atoms with Crippen LogP contribution >= 0.6 is 0 Å². The van der Waals surface area contributed by atoms with Crippen LogP contribution in [-0.2, 0) is 11.2 Å². The maximum Gasteiger partial charge on any atom is 0.222 e. The van der Waals surface area contributed by atoms with E-state index in [9.17, 15) is 4.79 Å². The summed E-state index contributed by atoms with van der Waals surface area (Å²) in [5.41, 5.74) is 2.40. The normalized spacial score (nSPS) is 19.5. The maximum atomic E-state index is 12.6. The minimum absolute atomic E-state index is 0.300. The van der Waals surface area contributed by atoms with E-state index in [-0.39, 0.29) is 0 Å². The van der Waals surface area contributed by atoms with Crippen molar-refractivity contribution in [2.75, 3.05) is 52.4 Å². The van der Waals surface area contributed by atoms with Crippen molar-refractivity contribution in [3.63, 3.8) is 0 Å². The predicted molar refractivity (Wildman–Crippen MR) is 105 cm³/mol. The second-order valence-electron chi connectivity index (χ2n) is 7.63. The zero-order chi connectivity index (χ0) is 17.8. The van der Waals surface area contributed by atoms with Crippen LogP contribution in [0.5, 0.6) is 0 Å². The number of benzene rings is 1. The number of likely N-dealkylation sites (tertiary alicyclic amines) is 1. The fraction of sp³-hybridized carbons (Fsp3) is 0.571. The summed E-state index contributed by atoms with van der Waals surface area (Å²) in [4.78, 5) is 23.0. The highest BCUT2D eigenvalue weighted by atomic mass is 16.2. The van der Waals surface area contributed by atoms with E-state index in [0.717, 1.165) is 44.7 Å². The van der Waals surface area contributed by atoms with Crippen molar-refractivity contribution >= 4 is 16.8 Å². The van der Waals surface area contributed by atoms with Crippen molar-refractivity contribution in [1.29, 1.82) is 0 Å². The summed E-state index contributed by atoms with van der Waals surface area (Å²) in [5, 5.41) is 1.24. The van der Waals surface area contributed by atoms with Gasteiger partial charge in [-0.1, -0.05) is 18.2 Å². The average molecular weight is 354 g/mol. The second-order valence-corrected chi connectivity index (χ2v) is 7.63. The van der Waals surface area contributed by atoms with Crippen molar-refractivity contribution in [2.45, 2.75) is 25.7 Å². The molecule has 0 spiro atoms. The molecule has 4 rings (SSSR count). The largest absolute Gasteiger partial charge is 0.361 e. The van der Waals surface area contributed by atoms with Gasteiger partial charge in [-0.2, -0.15) is 0 Å². The highest BCUT2D eigenvalue weighted by Gasteiger charge is 2.22. The van der Waals surface area contributed by atoms with E-state index >= 15 is 0 Å². The summed E-state index contributed by atoms with van der Waals surface area (Å²) < 4.78 is 0. The number of aromatic amines is 1. The Bertz CT molecular complexity index is 726. The lowest BCUT2D eigenvalue weighted by molar-refractivity contribution is -0.132. The molecule has 2 aliphatic heterocycles. The van der Waals surface area contributed by atoms with Gasteiger partial charge in [-0.3, -0.25) is 9.69 Å². The monoisotopic (exact) mass is 354 g/mol. The van der Waals surface area contributed by atoms with Gasteiger partial charge in [0.2, 0.25) is 5.91 Å². The zero-order valence-corrected chi connectivity index (χ0v) is 15.6. The molecule has 2 fully saturated rings. The lowest BCUT2D eigenvalue weighted by Gasteiger charge is -2.35. The van der Waals surface area contributed by atoms with Crippen LogP contribution < -0.4 is 0 Å². The molecule has 0 bridgehead atoms. The highest BCUT2D eigenvalue weighted by Crippen LogP contribution is 2.19. The number of amides is 1. The molecule has 0 saturated carbocycles. The van der Waals surface area contributed by atoms with E-state index in [1.165, 1.54) is 43.4 Å². The number of hydrogen-bond donors (Lipinski definition) is 1. The SMILES string of the molecule is O=C(CCc1c[nH]c2ccccc12)N1CCN(CCN2CCCC2)CC1. The van der Waals surface area contributed by atoms with Gasteiger partial charge in [0.1, 0.15) is 0 Å². The summed E-state index contributed by atoms with van der Waals surface area (Å²) in [6.45, 7) is 8.68. The van der Waals surface area contributed by atoms with Crippen LogP contribution in [0.4, 0.5) is 0 Å². The molecule has 5 heteroatoms. The van der Waals surface area contributed by atoms with Crippen molar-refractivity contribution in [3.8, 4) is 0 Å². The van der Waals surface area contributed by atoms with Gasteiger partial charge in [0.15, 0.2) is 0 Å². The van der Waals surface area contributed by atoms with Crippen LogP contribution in [0.3, 0.4) is 0 Å². The molecular weight excluding hydrogens is 324 g/mol. The van der Waals surface area contributed by atoms with E-state index < -0.39 is 0 Å². The Balaban J connectivity index is 1.21. The fourth-order valence-corrected chi connectivity index (χ4v) is 4.25. The van der Waals surface area contributed by atoms with Crippen molar-refractivity contribution in [3.05, 3.63) is 36.0 Å². The molecule has 1 aromatic heterocycles. The smallest absolute Gasteiger partial charge is 0.222 e. The van der Waals surface area contributed by atoms with Crippen molar-refractivity contribution < 1.29 is 4.79 Å². The first-order valence-electron chi connectivity index (χ1n) is 10.1. The van der Waals surface area contributed by atoms with Gasteiger partial charge in [-0.25, -0.2) is 0 Å². The molecule has 0 radical (unpaired) electrons. The van der Waals surface area contributed by atoms with Gasteiger partial charge in [0.05, 0.1) is 0 Å².